The monoisotopic (exact) mass is 354 g/mol. The van der Waals surface area contributed by atoms with Crippen LogP contribution in [0.1, 0.15) is 40.1 Å². The molecule has 0 aliphatic carbocycles. The van der Waals surface area contributed by atoms with Gasteiger partial charge in [-0.1, -0.05) is 38.1 Å². The number of carbonyl (C=O) groups excluding carboxylic acids is 2. The summed E-state index contributed by atoms with van der Waals surface area (Å²) in [4.78, 5) is 24.5. The van der Waals surface area contributed by atoms with Crippen LogP contribution in [0.3, 0.4) is 0 Å². The lowest BCUT2D eigenvalue weighted by Gasteiger charge is -2.10. The minimum atomic E-state index is -0.196. The van der Waals surface area contributed by atoms with Gasteiger partial charge in [-0.15, -0.1) is 0 Å². The van der Waals surface area contributed by atoms with E-state index >= 15 is 0 Å². The Hall–Kier alpha value is -2.82. The minimum absolute atomic E-state index is 0.164. The molecule has 0 saturated heterocycles. The number of hydrogen-bond donors (Lipinski definition) is 2. The van der Waals surface area contributed by atoms with E-state index in [1.165, 1.54) is 0 Å². The second-order valence-electron chi connectivity index (χ2n) is 6.50. The molecule has 0 saturated carbocycles. The van der Waals surface area contributed by atoms with Gasteiger partial charge in [-0.05, 0) is 42.2 Å². The standard InChI is InChI=1S/C21H26N2O3/c1-15(2)14-23-21(25)18-9-6-8-17(13-18)20(24)22-12-11-16-7-4-5-10-19(16)26-3/h4-10,13,15H,11-12,14H2,1-3H3,(H,22,24)(H,23,25). The Labute approximate surface area is 154 Å². The highest BCUT2D eigenvalue weighted by Gasteiger charge is 2.11. The number of hydrogen-bond acceptors (Lipinski definition) is 3. The number of amides is 2. The normalized spacial score (nSPS) is 10.5. The van der Waals surface area contributed by atoms with E-state index in [-0.39, 0.29) is 11.8 Å². The summed E-state index contributed by atoms with van der Waals surface area (Å²) in [5, 5.41) is 5.75. The van der Waals surface area contributed by atoms with E-state index in [9.17, 15) is 9.59 Å². The number of para-hydroxylation sites is 1. The Kier molecular flexibility index (Phi) is 7.21. The number of nitrogens with one attached hydrogen (secondary N) is 2. The summed E-state index contributed by atoms with van der Waals surface area (Å²) < 4.78 is 5.31. The summed E-state index contributed by atoms with van der Waals surface area (Å²) in [5.74, 6) is 0.826. The summed E-state index contributed by atoms with van der Waals surface area (Å²) >= 11 is 0. The number of carbonyl (C=O) groups is 2. The van der Waals surface area contributed by atoms with Crippen LogP contribution in [-0.4, -0.2) is 32.0 Å². The molecule has 0 heterocycles. The highest BCUT2D eigenvalue weighted by molar-refractivity contribution is 5.99. The van der Waals surface area contributed by atoms with Crippen molar-refractivity contribution in [1.29, 1.82) is 0 Å². The fourth-order valence-electron chi connectivity index (χ4n) is 2.52. The Balaban J connectivity index is 1.93. The molecular weight excluding hydrogens is 328 g/mol. The largest absolute Gasteiger partial charge is 0.496 e. The van der Waals surface area contributed by atoms with Crippen molar-refractivity contribution in [1.82, 2.24) is 10.6 Å². The fraction of sp³-hybridized carbons (Fsp3) is 0.333. The molecular formula is C21H26N2O3. The van der Waals surface area contributed by atoms with Gasteiger partial charge in [0.15, 0.2) is 0 Å². The highest BCUT2D eigenvalue weighted by atomic mass is 16.5. The number of benzene rings is 2. The molecule has 0 atom stereocenters. The fourth-order valence-corrected chi connectivity index (χ4v) is 2.52. The first-order valence-electron chi connectivity index (χ1n) is 8.79. The molecule has 5 heteroatoms. The van der Waals surface area contributed by atoms with Crippen LogP contribution in [0, 0.1) is 5.92 Å². The highest BCUT2D eigenvalue weighted by Crippen LogP contribution is 2.17. The van der Waals surface area contributed by atoms with Crippen LogP contribution >= 0.6 is 0 Å². The quantitative estimate of drug-likeness (QED) is 0.766. The van der Waals surface area contributed by atoms with Crippen LogP contribution in [0.25, 0.3) is 0 Å². The van der Waals surface area contributed by atoms with Gasteiger partial charge in [-0.3, -0.25) is 9.59 Å². The van der Waals surface area contributed by atoms with Crippen molar-refractivity contribution in [2.45, 2.75) is 20.3 Å². The lowest BCUT2D eigenvalue weighted by atomic mass is 10.1. The van der Waals surface area contributed by atoms with Gasteiger partial charge in [-0.2, -0.15) is 0 Å². The van der Waals surface area contributed by atoms with Crippen molar-refractivity contribution in [3.8, 4) is 5.75 Å². The second-order valence-corrected chi connectivity index (χ2v) is 6.50. The molecule has 2 amide bonds. The molecule has 0 unspecified atom stereocenters. The maximum Gasteiger partial charge on any atom is 0.251 e. The summed E-state index contributed by atoms with van der Waals surface area (Å²) in [6.45, 7) is 5.16. The summed E-state index contributed by atoms with van der Waals surface area (Å²) in [6, 6.07) is 14.5. The zero-order chi connectivity index (χ0) is 18.9. The number of methoxy groups -OCH3 is 1. The molecule has 2 aromatic carbocycles. The Morgan fingerprint density at radius 1 is 0.962 bits per heavy atom. The van der Waals surface area contributed by atoms with Gasteiger partial charge in [0.05, 0.1) is 7.11 Å². The molecule has 0 bridgehead atoms. The van der Waals surface area contributed by atoms with E-state index in [2.05, 4.69) is 10.6 Å². The van der Waals surface area contributed by atoms with Crippen LogP contribution in [0.15, 0.2) is 48.5 Å². The third-order valence-electron chi connectivity index (χ3n) is 3.93. The molecule has 0 fully saturated rings. The molecule has 2 N–H and O–H groups in total. The summed E-state index contributed by atoms with van der Waals surface area (Å²) in [7, 11) is 1.63. The van der Waals surface area contributed by atoms with Gasteiger partial charge in [0.2, 0.25) is 0 Å². The molecule has 26 heavy (non-hydrogen) atoms. The third kappa shape index (κ3) is 5.62. The lowest BCUT2D eigenvalue weighted by Crippen LogP contribution is -2.28. The van der Waals surface area contributed by atoms with Gasteiger partial charge in [0.25, 0.3) is 11.8 Å². The zero-order valence-corrected chi connectivity index (χ0v) is 15.5. The van der Waals surface area contributed by atoms with E-state index in [0.29, 0.717) is 36.6 Å². The topological polar surface area (TPSA) is 67.4 Å². The molecule has 2 rings (SSSR count). The van der Waals surface area contributed by atoms with E-state index in [1.54, 1.807) is 31.4 Å². The zero-order valence-electron chi connectivity index (χ0n) is 15.5. The minimum Gasteiger partial charge on any atom is -0.496 e. The van der Waals surface area contributed by atoms with Gasteiger partial charge in [0.1, 0.15) is 5.75 Å². The second kappa shape index (κ2) is 9.61. The van der Waals surface area contributed by atoms with Crippen molar-refractivity contribution in [2.24, 2.45) is 5.92 Å². The summed E-state index contributed by atoms with van der Waals surface area (Å²) in [6.07, 6.45) is 0.671. The summed E-state index contributed by atoms with van der Waals surface area (Å²) in [5.41, 5.74) is 2.00. The number of ether oxygens (including phenoxy) is 1. The average molecular weight is 354 g/mol. The first kappa shape index (κ1) is 19.5. The van der Waals surface area contributed by atoms with E-state index < -0.39 is 0 Å². The molecule has 2 aromatic rings. The smallest absolute Gasteiger partial charge is 0.251 e. The predicted octanol–water partition coefficient (Wildman–Crippen LogP) is 3.05. The van der Waals surface area contributed by atoms with Gasteiger partial charge in [-0.25, -0.2) is 0 Å². The Morgan fingerprint density at radius 3 is 2.27 bits per heavy atom. The van der Waals surface area contributed by atoms with Crippen molar-refractivity contribution < 1.29 is 14.3 Å². The number of rotatable bonds is 8. The third-order valence-corrected chi connectivity index (χ3v) is 3.93. The maximum atomic E-state index is 12.4. The van der Waals surface area contributed by atoms with Crippen molar-refractivity contribution in [3.05, 3.63) is 65.2 Å². The molecule has 138 valence electrons. The molecule has 0 spiro atoms. The van der Waals surface area contributed by atoms with Crippen molar-refractivity contribution in [2.75, 3.05) is 20.2 Å². The van der Waals surface area contributed by atoms with Crippen LogP contribution in [-0.2, 0) is 6.42 Å². The van der Waals surface area contributed by atoms with Crippen molar-refractivity contribution >= 4 is 11.8 Å². The molecule has 0 aromatic heterocycles. The van der Waals surface area contributed by atoms with E-state index in [0.717, 1.165) is 11.3 Å². The van der Waals surface area contributed by atoms with Crippen molar-refractivity contribution in [3.63, 3.8) is 0 Å². The first-order valence-corrected chi connectivity index (χ1v) is 8.79. The lowest BCUT2D eigenvalue weighted by molar-refractivity contribution is 0.0949. The van der Waals surface area contributed by atoms with Gasteiger partial charge in [0, 0.05) is 24.2 Å². The Morgan fingerprint density at radius 2 is 1.62 bits per heavy atom. The van der Waals surface area contributed by atoms with Crippen LogP contribution in [0.4, 0.5) is 0 Å². The average Bonchev–Trinajstić information content (AvgIpc) is 2.66. The predicted molar refractivity (Wildman–Crippen MR) is 103 cm³/mol. The molecule has 0 aliphatic heterocycles. The van der Waals surface area contributed by atoms with Crippen LogP contribution in [0.5, 0.6) is 5.75 Å². The first-order chi connectivity index (χ1) is 12.5. The van der Waals surface area contributed by atoms with Crippen LogP contribution in [0.2, 0.25) is 0 Å². The molecule has 0 aliphatic rings. The van der Waals surface area contributed by atoms with Gasteiger partial charge < -0.3 is 15.4 Å². The van der Waals surface area contributed by atoms with Crippen LogP contribution < -0.4 is 15.4 Å². The molecule has 5 nitrogen and oxygen atoms in total. The van der Waals surface area contributed by atoms with Gasteiger partial charge >= 0.3 is 0 Å². The SMILES string of the molecule is COc1ccccc1CCNC(=O)c1cccc(C(=O)NCC(C)C)c1. The van der Waals surface area contributed by atoms with E-state index in [1.807, 2.05) is 38.1 Å². The maximum absolute atomic E-state index is 12.4. The van der Waals surface area contributed by atoms with E-state index in [4.69, 9.17) is 4.74 Å². The molecule has 0 radical (unpaired) electrons. The Bertz CT molecular complexity index is 756.